The Hall–Kier alpha value is -3.01. The predicted molar refractivity (Wildman–Crippen MR) is 105 cm³/mol. The van der Waals surface area contributed by atoms with Crippen LogP contribution in [0.15, 0.2) is 48.5 Å². The van der Waals surface area contributed by atoms with Crippen LogP contribution in [0.3, 0.4) is 0 Å². The van der Waals surface area contributed by atoms with Gasteiger partial charge < -0.3 is 9.64 Å². The highest BCUT2D eigenvalue weighted by Gasteiger charge is 2.30. The van der Waals surface area contributed by atoms with Crippen LogP contribution in [0.2, 0.25) is 0 Å². The van der Waals surface area contributed by atoms with Crippen molar-refractivity contribution < 1.29 is 22.7 Å². The van der Waals surface area contributed by atoms with Crippen molar-refractivity contribution in [2.75, 3.05) is 18.1 Å². The number of carbonyl (C=O) groups is 1. The maximum Gasteiger partial charge on any atom is 0.416 e. The highest BCUT2D eigenvalue weighted by Crippen LogP contribution is 2.31. The number of ether oxygens (including phenoxy) is 1. The molecule has 0 N–H and O–H groups in total. The van der Waals surface area contributed by atoms with Crippen molar-refractivity contribution in [3.8, 4) is 11.8 Å². The SMILES string of the molecule is CCOc1ccc(N(CCC#N)C(=O)CC(C)c2ccc(C(F)(F)F)cc2)cc1. The second-order valence-electron chi connectivity index (χ2n) is 6.61. The lowest BCUT2D eigenvalue weighted by Crippen LogP contribution is -2.32. The van der Waals surface area contributed by atoms with E-state index >= 15 is 0 Å². The lowest BCUT2D eigenvalue weighted by Gasteiger charge is -2.24. The summed E-state index contributed by atoms with van der Waals surface area (Å²) in [5.41, 5.74) is 0.580. The van der Waals surface area contributed by atoms with Gasteiger partial charge in [0.1, 0.15) is 5.75 Å². The summed E-state index contributed by atoms with van der Waals surface area (Å²) >= 11 is 0. The molecule has 0 aliphatic heterocycles. The summed E-state index contributed by atoms with van der Waals surface area (Å²) in [4.78, 5) is 14.4. The molecule has 1 amide bonds. The first-order chi connectivity index (χ1) is 13.8. The lowest BCUT2D eigenvalue weighted by molar-refractivity contribution is -0.137. The number of alkyl halides is 3. The van der Waals surface area contributed by atoms with E-state index in [-0.39, 0.29) is 31.2 Å². The third-order valence-electron chi connectivity index (χ3n) is 4.50. The maximum atomic E-state index is 12.9. The molecule has 29 heavy (non-hydrogen) atoms. The van der Waals surface area contributed by atoms with Gasteiger partial charge in [-0.15, -0.1) is 0 Å². The summed E-state index contributed by atoms with van der Waals surface area (Å²) in [5, 5.41) is 8.91. The fourth-order valence-corrected chi connectivity index (χ4v) is 2.94. The predicted octanol–water partition coefficient (Wildman–Crippen LogP) is 5.54. The molecular weight excluding hydrogens is 381 g/mol. The van der Waals surface area contributed by atoms with Crippen molar-refractivity contribution in [3.63, 3.8) is 0 Å². The van der Waals surface area contributed by atoms with Crippen LogP contribution < -0.4 is 9.64 Å². The van der Waals surface area contributed by atoms with E-state index in [1.54, 1.807) is 31.2 Å². The molecule has 0 heterocycles. The zero-order valence-electron chi connectivity index (χ0n) is 16.4. The zero-order valence-corrected chi connectivity index (χ0v) is 16.4. The Kier molecular flexibility index (Phi) is 7.66. The van der Waals surface area contributed by atoms with Crippen LogP contribution in [0, 0.1) is 11.3 Å². The van der Waals surface area contributed by atoms with E-state index < -0.39 is 11.7 Å². The molecule has 0 saturated carbocycles. The fourth-order valence-electron chi connectivity index (χ4n) is 2.94. The van der Waals surface area contributed by atoms with Crippen molar-refractivity contribution in [2.45, 2.75) is 38.8 Å². The summed E-state index contributed by atoms with van der Waals surface area (Å²) in [6, 6.07) is 13.9. The first-order valence-electron chi connectivity index (χ1n) is 9.33. The van der Waals surface area contributed by atoms with Crippen LogP contribution in [-0.2, 0) is 11.0 Å². The molecule has 7 heteroatoms. The minimum Gasteiger partial charge on any atom is -0.494 e. The van der Waals surface area contributed by atoms with E-state index in [0.29, 0.717) is 23.6 Å². The van der Waals surface area contributed by atoms with Crippen molar-refractivity contribution >= 4 is 11.6 Å². The number of carbonyl (C=O) groups excluding carboxylic acids is 1. The molecule has 1 atom stereocenters. The van der Waals surface area contributed by atoms with E-state index in [0.717, 1.165) is 12.1 Å². The number of amides is 1. The standard InChI is InChI=1S/C22H23F3N2O2/c1-3-29-20-11-9-19(10-12-20)27(14-4-13-26)21(28)15-16(2)17-5-7-18(8-6-17)22(23,24)25/h5-12,16H,3-4,14-15H2,1-2H3. The van der Waals surface area contributed by atoms with E-state index in [2.05, 4.69) is 0 Å². The third kappa shape index (κ3) is 6.24. The van der Waals surface area contributed by atoms with Gasteiger partial charge in [-0.1, -0.05) is 19.1 Å². The van der Waals surface area contributed by atoms with Crippen molar-refractivity contribution in [1.82, 2.24) is 0 Å². The number of hydrogen-bond acceptors (Lipinski definition) is 3. The second-order valence-corrected chi connectivity index (χ2v) is 6.61. The number of nitriles is 1. The number of benzene rings is 2. The summed E-state index contributed by atoms with van der Waals surface area (Å²) < 4.78 is 43.6. The molecule has 0 aliphatic carbocycles. The monoisotopic (exact) mass is 404 g/mol. The van der Waals surface area contributed by atoms with Gasteiger partial charge in [-0.3, -0.25) is 4.79 Å². The topological polar surface area (TPSA) is 53.3 Å². The van der Waals surface area contributed by atoms with E-state index in [9.17, 15) is 18.0 Å². The third-order valence-corrected chi connectivity index (χ3v) is 4.50. The number of hydrogen-bond donors (Lipinski definition) is 0. The molecule has 4 nitrogen and oxygen atoms in total. The molecule has 0 aliphatic rings. The molecule has 2 aromatic rings. The molecule has 0 aromatic heterocycles. The average Bonchev–Trinajstić information content (AvgIpc) is 2.69. The van der Waals surface area contributed by atoms with E-state index in [1.165, 1.54) is 17.0 Å². The van der Waals surface area contributed by atoms with Gasteiger partial charge in [-0.25, -0.2) is 0 Å². The Balaban J connectivity index is 2.13. The Morgan fingerprint density at radius 1 is 1.14 bits per heavy atom. The number of rotatable bonds is 8. The van der Waals surface area contributed by atoms with Crippen LogP contribution >= 0.6 is 0 Å². The summed E-state index contributed by atoms with van der Waals surface area (Å²) in [5.74, 6) is 0.218. The van der Waals surface area contributed by atoms with Crippen LogP contribution in [0.1, 0.15) is 43.7 Å². The molecule has 0 fully saturated rings. The number of nitrogens with zero attached hydrogens (tertiary/aromatic N) is 2. The smallest absolute Gasteiger partial charge is 0.416 e. The zero-order chi connectivity index (χ0) is 21.4. The average molecular weight is 404 g/mol. The fraction of sp³-hybridized carbons (Fsp3) is 0.364. The number of halogens is 3. The van der Waals surface area contributed by atoms with Gasteiger partial charge in [-0.05, 0) is 54.8 Å². The Morgan fingerprint density at radius 2 is 1.76 bits per heavy atom. The Morgan fingerprint density at radius 3 is 2.28 bits per heavy atom. The van der Waals surface area contributed by atoms with Gasteiger partial charge >= 0.3 is 6.18 Å². The van der Waals surface area contributed by atoms with Crippen molar-refractivity contribution in [2.24, 2.45) is 0 Å². The van der Waals surface area contributed by atoms with Gasteiger partial charge in [0.25, 0.3) is 0 Å². The van der Waals surface area contributed by atoms with Gasteiger partial charge in [0.15, 0.2) is 0 Å². The summed E-state index contributed by atoms with van der Waals surface area (Å²) in [6.45, 7) is 4.44. The molecule has 154 valence electrons. The molecule has 0 saturated heterocycles. The Bertz CT molecular complexity index is 840. The van der Waals surface area contributed by atoms with Crippen LogP contribution in [0.4, 0.5) is 18.9 Å². The molecule has 0 bridgehead atoms. The van der Waals surface area contributed by atoms with Crippen LogP contribution in [0.5, 0.6) is 5.75 Å². The van der Waals surface area contributed by atoms with Crippen molar-refractivity contribution in [3.05, 3.63) is 59.7 Å². The minimum absolute atomic E-state index is 0.115. The van der Waals surface area contributed by atoms with Crippen LogP contribution in [0.25, 0.3) is 0 Å². The summed E-state index contributed by atoms with van der Waals surface area (Å²) in [6.07, 6.45) is -4.10. The molecule has 2 rings (SSSR count). The second kappa shape index (κ2) is 9.97. The van der Waals surface area contributed by atoms with Gasteiger partial charge in [-0.2, -0.15) is 18.4 Å². The minimum atomic E-state index is -4.39. The van der Waals surface area contributed by atoms with Gasteiger partial charge in [0.05, 0.1) is 24.7 Å². The molecule has 2 aromatic carbocycles. The highest BCUT2D eigenvalue weighted by molar-refractivity contribution is 5.93. The molecular formula is C22H23F3N2O2. The molecule has 1 unspecified atom stereocenters. The molecule has 0 radical (unpaired) electrons. The lowest BCUT2D eigenvalue weighted by atomic mass is 9.96. The van der Waals surface area contributed by atoms with Crippen LogP contribution in [-0.4, -0.2) is 19.1 Å². The highest BCUT2D eigenvalue weighted by atomic mass is 19.4. The Labute approximate surface area is 168 Å². The quantitative estimate of drug-likeness (QED) is 0.580. The number of anilines is 1. The van der Waals surface area contributed by atoms with Crippen molar-refractivity contribution in [1.29, 1.82) is 5.26 Å². The summed E-state index contributed by atoms with van der Waals surface area (Å²) in [7, 11) is 0. The largest absolute Gasteiger partial charge is 0.494 e. The van der Waals surface area contributed by atoms with Gasteiger partial charge in [0, 0.05) is 18.7 Å². The van der Waals surface area contributed by atoms with E-state index in [4.69, 9.17) is 10.00 Å². The maximum absolute atomic E-state index is 12.9. The first kappa shape index (κ1) is 22.3. The normalized spacial score (nSPS) is 12.1. The van der Waals surface area contributed by atoms with E-state index in [1.807, 2.05) is 13.0 Å². The molecule has 0 spiro atoms. The first-order valence-corrected chi connectivity index (χ1v) is 9.33. The van der Waals surface area contributed by atoms with Gasteiger partial charge in [0.2, 0.25) is 5.91 Å².